The van der Waals surface area contributed by atoms with E-state index >= 15 is 0 Å². The number of piperidine rings is 1. The summed E-state index contributed by atoms with van der Waals surface area (Å²) in [5.74, 6) is -1.72. The maximum absolute atomic E-state index is 13.3. The van der Waals surface area contributed by atoms with Gasteiger partial charge in [0.2, 0.25) is 23.6 Å². The lowest BCUT2D eigenvalue weighted by Gasteiger charge is -2.39. The number of hydrogen-bond donors (Lipinski definition) is 2. The third-order valence-corrected chi connectivity index (χ3v) is 5.80. The Morgan fingerprint density at radius 3 is 2.73 bits per heavy atom. The summed E-state index contributed by atoms with van der Waals surface area (Å²) >= 11 is 0. The number of pyridine rings is 1. The number of hydrogen-bond acceptors (Lipinski definition) is 5. The van der Waals surface area contributed by atoms with Gasteiger partial charge >= 0.3 is 0 Å². The predicted molar refractivity (Wildman–Crippen MR) is 109 cm³/mol. The average Bonchev–Trinajstić information content (AvgIpc) is 2.75. The van der Waals surface area contributed by atoms with E-state index in [2.05, 4.69) is 15.6 Å². The zero-order valence-electron chi connectivity index (χ0n) is 17.5. The van der Waals surface area contributed by atoms with E-state index in [0.29, 0.717) is 19.5 Å². The van der Waals surface area contributed by atoms with Gasteiger partial charge in [-0.2, -0.15) is 0 Å². The molecular weight excluding hydrogens is 386 g/mol. The Morgan fingerprint density at radius 1 is 1.20 bits per heavy atom. The van der Waals surface area contributed by atoms with Crippen molar-refractivity contribution in [2.45, 2.75) is 44.7 Å². The van der Waals surface area contributed by atoms with Crippen LogP contribution in [0.5, 0.6) is 0 Å². The summed E-state index contributed by atoms with van der Waals surface area (Å²) in [5.41, 5.74) is 0.733. The predicted octanol–water partition coefficient (Wildman–Crippen LogP) is -0.286. The van der Waals surface area contributed by atoms with Crippen LogP contribution in [0.15, 0.2) is 24.4 Å². The summed E-state index contributed by atoms with van der Waals surface area (Å²) in [5, 5.41) is 5.22. The molecule has 2 bridgehead atoms. The first-order chi connectivity index (χ1) is 14.3. The Labute approximate surface area is 176 Å². The van der Waals surface area contributed by atoms with Gasteiger partial charge in [0.1, 0.15) is 6.04 Å². The molecule has 0 radical (unpaired) electrons. The molecule has 2 aliphatic heterocycles. The number of carbonyl (C=O) groups excluding carboxylic acids is 4. The van der Waals surface area contributed by atoms with Crippen LogP contribution in [-0.2, 0) is 25.6 Å². The topological polar surface area (TPSA) is 112 Å². The van der Waals surface area contributed by atoms with Gasteiger partial charge in [0.25, 0.3) is 0 Å². The maximum atomic E-state index is 13.3. The van der Waals surface area contributed by atoms with E-state index < -0.39 is 17.9 Å². The smallest absolute Gasteiger partial charge is 0.242 e. The van der Waals surface area contributed by atoms with E-state index in [4.69, 9.17) is 0 Å². The van der Waals surface area contributed by atoms with Gasteiger partial charge in [0.15, 0.2) is 0 Å². The normalized spacial score (nSPS) is 26.7. The molecule has 2 saturated heterocycles. The summed E-state index contributed by atoms with van der Waals surface area (Å²) in [6.45, 7) is 2.44. The molecule has 2 fully saturated rings. The highest BCUT2D eigenvalue weighted by atomic mass is 16.2. The molecule has 0 aromatic carbocycles. The Morgan fingerprint density at radius 2 is 2.00 bits per heavy atom. The van der Waals surface area contributed by atoms with E-state index in [1.165, 1.54) is 0 Å². The van der Waals surface area contributed by atoms with E-state index in [1.54, 1.807) is 36.0 Å². The molecule has 0 spiro atoms. The first kappa shape index (κ1) is 21.7. The fourth-order valence-electron chi connectivity index (χ4n) is 3.98. The standard InChI is InChI=1S/C21H29N5O4/c1-14-20(29)23-12-19(28)25(2)17-7-5-9-26(13-17)21(30)15(11-18(27)24-14)10-16-6-3-4-8-22-16/h3-4,6,8,14-15,17H,5,7,9-13H2,1-2H3,(H,23,29)(H,24,27). The van der Waals surface area contributed by atoms with E-state index in [9.17, 15) is 19.2 Å². The van der Waals surface area contributed by atoms with Crippen LogP contribution in [0.4, 0.5) is 0 Å². The first-order valence-corrected chi connectivity index (χ1v) is 10.4. The van der Waals surface area contributed by atoms with Crippen LogP contribution in [0.3, 0.4) is 0 Å². The van der Waals surface area contributed by atoms with Crippen molar-refractivity contribution in [3.8, 4) is 0 Å². The second-order valence-corrected chi connectivity index (χ2v) is 8.02. The summed E-state index contributed by atoms with van der Waals surface area (Å²) in [6.07, 6.45) is 3.54. The number of fused-ring (bicyclic) bond motifs is 2. The van der Waals surface area contributed by atoms with Crippen molar-refractivity contribution >= 4 is 23.6 Å². The monoisotopic (exact) mass is 415 g/mol. The van der Waals surface area contributed by atoms with Crippen LogP contribution >= 0.6 is 0 Å². The number of carbonyl (C=O) groups is 4. The Bertz CT molecular complexity index is 800. The fourth-order valence-corrected chi connectivity index (χ4v) is 3.98. The third-order valence-electron chi connectivity index (χ3n) is 5.80. The largest absolute Gasteiger partial charge is 0.345 e. The third kappa shape index (κ3) is 5.34. The van der Waals surface area contributed by atoms with Crippen LogP contribution in [0.2, 0.25) is 0 Å². The summed E-state index contributed by atoms with van der Waals surface area (Å²) < 4.78 is 0. The lowest BCUT2D eigenvalue weighted by Crippen LogP contribution is -2.55. The SMILES string of the molecule is CC1NC(=O)CC(Cc2ccccn2)C(=O)N2CCCC(C2)N(C)C(=O)CNC1=O. The van der Waals surface area contributed by atoms with Crippen molar-refractivity contribution in [1.82, 2.24) is 25.4 Å². The minimum Gasteiger partial charge on any atom is -0.345 e. The number of amides is 4. The van der Waals surface area contributed by atoms with E-state index in [0.717, 1.165) is 18.5 Å². The molecular formula is C21H29N5O4. The molecule has 1 aromatic rings. The summed E-state index contributed by atoms with van der Waals surface area (Å²) in [4.78, 5) is 58.4. The lowest BCUT2D eigenvalue weighted by atomic mass is 9.94. The van der Waals surface area contributed by atoms with Gasteiger partial charge in [0, 0.05) is 50.9 Å². The van der Waals surface area contributed by atoms with Gasteiger partial charge < -0.3 is 20.4 Å². The molecule has 162 valence electrons. The molecule has 9 heteroatoms. The molecule has 2 aliphatic rings. The number of nitrogens with one attached hydrogen (secondary N) is 2. The van der Waals surface area contributed by atoms with Crippen molar-refractivity contribution in [2.75, 3.05) is 26.7 Å². The minimum atomic E-state index is -0.802. The van der Waals surface area contributed by atoms with Crippen LogP contribution in [-0.4, -0.2) is 77.2 Å². The van der Waals surface area contributed by atoms with Gasteiger partial charge in [-0.25, -0.2) is 0 Å². The molecule has 1 aromatic heterocycles. The molecule has 3 heterocycles. The van der Waals surface area contributed by atoms with Gasteiger partial charge in [0.05, 0.1) is 12.5 Å². The van der Waals surface area contributed by atoms with Gasteiger partial charge in [-0.1, -0.05) is 6.07 Å². The Hall–Kier alpha value is -2.97. The highest BCUT2D eigenvalue weighted by Gasteiger charge is 2.34. The molecule has 0 saturated carbocycles. The number of rotatable bonds is 2. The summed E-state index contributed by atoms with van der Waals surface area (Å²) in [6, 6.07) is 4.56. The zero-order chi connectivity index (χ0) is 21.7. The Kier molecular flexibility index (Phi) is 7.02. The molecule has 3 unspecified atom stereocenters. The van der Waals surface area contributed by atoms with Crippen molar-refractivity contribution in [1.29, 1.82) is 0 Å². The van der Waals surface area contributed by atoms with Crippen molar-refractivity contribution in [3.05, 3.63) is 30.1 Å². The van der Waals surface area contributed by atoms with Crippen LogP contribution < -0.4 is 10.6 Å². The van der Waals surface area contributed by atoms with Crippen LogP contribution in [0, 0.1) is 5.92 Å². The van der Waals surface area contributed by atoms with E-state index in [-0.39, 0.29) is 36.7 Å². The summed E-state index contributed by atoms with van der Waals surface area (Å²) in [7, 11) is 1.70. The minimum absolute atomic E-state index is 0.0248. The highest BCUT2D eigenvalue weighted by Crippen LogP contribution is 2.21. The Balaban J connectivity index is 1.85. The fraction of sp³-hybridized carbons (Fsp3) is 0.571. The average molecular weight is 415 g/mol. The van der Waals surface area contributed by atoms with Crippen molar-refractivity contribution < 1.29 is 19.2 Å². The van der Waals surface area contributed by atoms with E-state index in [1.807, 2.05) is 12.1 Å². The van der Waals surface area contributed by atoms with Gasteiger partial charge in [-0.15, -0.1) is 0 Å². The molecule has 3 atom stereocenters. The highest BCUT2D eigenvalue weighted by molar-refractivity contribution is 5.92. The number of nitrogens with zero attached hydrogens (tertiary/aromatic N) is 3. The second-order valence-electron chi connectivity index (χ2n) is 8.02. The van der Waals surface area contributed by atoms with Gasteiger partial charge in [-0.05, 0) is 31.9 Å². The molecule has 30 heavy (non-hydrogen) atoms. The quantitative estimate of drug-likeness (QED) is 0.690. The second kappa shape index (κ2) is 9.69. The van der Waals surface area contributed by atoms with Crippen molar-refractivity contribution in [3.63, 3.8) is 0 Å². The number of likely N-dealkylation sites (N-methyl/N-ethyl adjacent to an activating group) is 1. The molecule has 3 rings (SSSR count). The zero-order valence-corrected chi connectivity index (χ0v) is 17.5. The van der Waals surface area contributed by atoms with Crippen molar-refractivity contribution in [2.24, 2.45) is 5.92 Å². The number of aromatic nitrogens is 1. The molecule has 9 nitrogen and oxygen atoms in total. The van der Waals surface area contributed by atoms with Crippen LogP contribution in [0.25, 0.3) is 0 Å². The maximum Gasteiger partial charge on any atom is 0.242 e. The lowest BCUT2D eigenvalue weighted by molar-refractivity contribution is -0.143. The molecule has 0 aliphatic carbocycles. The van der Waals surface area contributed by atoms with Gasteiger partial charge in [-0.3, -0.25) is 24.2 Å². The van der Waals surface area contributed by atoms with Crippen LogP contribution in [0.1, 0.15) is 31.9 Å². The molecule has 2 N–H and O–H groups in total. The first-order valence-electron chi connectivity index (χ1n) is 10.4. The molecule has 4 amide bonds.